The molecule has 0 spiro atoms. The van der Waals surface area contributed by atoms with Gasteiger partial charge in [0.05, 0.1) is 23.7 Å². The third-order valence-electron chi connectivity index (χ3n) is 5.71. The molecule has 0 saturated carbocycles. The zero-order valence-corrected chi connectivity index (χ0v) is 19.0. The van der Waals surface area contributed by atoms with Crippen LogP contribution in [-0.4, -0.2) is 55.6 Å². The van der Waals surface area contributed by atoms with Gasteiger partial charge in [0.15, 0.2) is 6.33 Å². The molecule has 0 unspecified atom stereocenters. The van der Waals surface area contributed by atoms with Gasteiger partial charge in [-0.1, -0.05) is 53.9 Å². The van der Waals surface area contributed by atoms with E-state index < -0.39 is 0 Å². The maximum Gasteiger partial charge on any atom is 0.162 e. The minimum absolute atomic E-state index is 0.481. The van der Waals surface area contributed by atoms with Gasteiger partial charge in [-0.25, -0.2) is 5.01 Å². The second-order valence-corrected chi connectivity index (χ2v) is 8.80. The summed E-state index contributed by atoms with van der Waals surface area (Å²) in [5, 5.41) is 18.3. The molecule has 0 aliphatic carbocycles. The molecule has 7 nitrogen and oxygen atoms in total. The summed E-state index contributed by atoms with van der Waals surface area (Å²) in [7, 11) is 0. The van der Waals surface area contributed by atoms with Crippen molar-refractivity contribution in [3.8, 4) is 0 Å². The molecule has 164 valence electrons. The first-order valence-electron chi connectivity index (χ1n) is 10.7. The Morgan fingerprint density at radius 3 is 2.09 bits per heavy atom. The lowest BCUT2D eigenvalue weighted by atomic mass is 10.0. The van der Waals surface area contributed by atoms with E-state index in [0.717, 1.165) is 41.3 Å². The first-order valence-corrected chi connectivity index (χ1v) is 11.5. The molecule has 1 saturated heterocycles. The molecule has 0 atom stereocenters. The fraction of sp³-hybridized carbons (Fsp3) is 0.304. The number of nitrogens with zero attached hydrogens (tertiary/aromatic N) is 7. The number of halogens is 2. The average Bonchev–Trinajstić information content (AvgIpc) is 3.33. The molecule has 1 aromatic heterocycles. The van der Waals surface area contributed by atoms with Crippen LogP contribution in [0.5, 0.6) is 0 Å². The molecule has 9 heteroatoms. The van der Waals surface area contributed by atoms with E-state index in [2.05, 4.69) is 37.6 Å². The zero-order valence-electron chi connectivity index (χ0n) is 17.5. The topological polar surface area (TPSA) is 62.4 Å². The number of hydrogen-bond donors (Lipinski definition) is 0. The average molecular weight is 468 g/mol. The number of tetrazole rings is 1. The molecule has 0 bridgehead atoms. The number of piperidine rings is 1. The van der Waals surface area contributed by atoms with Crippen LogP contribution < -0.4 is 0 Å². The Kier molecular flexibility index (Phi) is 6.21. The van der Waals surface area contributed by atoms with Crippen LogP contribution in [0, 0.1) is 0 Å². The highest BCUT2D eigenvalue weighted by molar-refractivity contribution is 6.31. The van der Waals surface area contributed by atoms with Crippen LogP contribution in [0.25, 0.3) is 11.4 Å². The van der Waals surface area contributed by atoms with Crippen molar-refractivity contribution in [3.05, 3.63) is 76.0 Å². The quantitative estimate of drug-likeness (QED) is 0.545. The lowest BCUT2D eigenvalue weighted by molar-refractivity contribution is 0.0272. The Balaban J connectivity index is 1.66. The highest BCUT2D eigenvalue weighted by atomic mass is 35.5. The number of aliphatic imine (C=N–C) groups is 1. The smallest absolute Gasteiger partial charge is 0.162 e. The van der Waals surface area contributed by atoms with Gasteiger partial charge < -0.3 is 0 Å². The van der Waals surface area contributed by atoms with Gasteiger partial charge in [0.1, 0.15) is 6.54 Å². The Morgan fingerprint density at radius 2 is 1.47 bits per heavy atom. The maximum atomic E-state index is 6.20. The minimum Gasteiger partial charge on any atom is -0.297 e. The minimum atomic E-state index is 0.481. The molecule has 2 aliphatic heterocycles. The van der Waals surface area contributed by atoms with E-state index in [1.165, 1.54) is 25.6 Å². The normalized spacial score (nSPS) is 17.6. The van der Waals surface area contributed by atoms with Crippen LogP contribution >= 0.6 is 23.2 Å². The summed E-state index contributed by atoms with van der Waals surface area (Å²) in [5.74, 6) is 0. The van der Waals surface area contributed by atoms with Crippen molar-refractivity contribution >= 4 is 40.3 Å². The summed E-state index contributed by atoms with van der Waals surface area (Å²) in [4.78, 5) is 6.67. The number of hydrogen-bond acceptors (Lipinski definition) is 6. The van der Waals surface area contributed by atoms with Crippen molar-refractivity contribution in [1.29, 1.82) is 0 Å². The van der Waals surface area contributed by atoms with Gasteiger partial charge in [-0.3, -0.25) is 10.0 Å². The SMILES string of the molecule is Clc1ccc(C2=C(c3ccc(Cl)cc3)N(N3CCCCC3)CC(Cn3ncnn3)=N2)cc1. The first-order chi connectivity index (χ1) is 15.7. The van der Waals surface area contributed by atoms with E-state index in [4.69, 9.17) is 28.2 Å². The van der Waals surface area contributed by atoms with Gasteiger partial charge in [0.25, 0.3) is 0 Å². The molecule has 2 aromatic carbocycles. The largest absolute Gasteiger partial charge is 0.297 e. The van der Waals surface area contributed by atoms with E-state index in [1.807, 2.05) is 36.4 Å². The summed E-state index contributed by atoms with van der Waals surface area (Å²) in [5.41, 5.74) is 5.02. The van der Waals surface area contributed by atoms with Crippen LogP contribution in [0.3, 0.4) is 0 Å². The van der Waals surface area contributed by atoms with Gasteiger partial charge in [0.2, 0.25) is 0 Å². The third-order valence-corrected chi connectivity index (χ3v) is 6.21. The van der Waals surface area contributed by atoms with E-state index in [9.17, 15) is 0 Å². The first kappa shape index (κ1) is 21.1. The van der Waals surface area contributed by atoms with Crippen LogP contribution in [0.2, 0.25) is 10.0 Å². The van der Waals surface area contributed by atoms with Crippen molar-refractivity contribution in [2.24, 2.45) is 4.99 Å². The van der Waals surface area contributed by atoms with Gasteiger partial charge in [0, 0.05) is 34.3 Å². The highest BCUT2D eigenvalue weighted by Gasteiger charge is 2.30. The predicted molar refractivity (Wildman–Crippen MR) is 127 cm³/mol. The van der Waals surface area contributed by atoms with E-state index in [-0.39, 0.29) is 0 Å². The second kappa shape index (κ2) is 9.40. The molecule has 0 N–H and O–H groups in total. The fourth-order valence-electron chi connectivity index (χ4n) is 4.19. The molecule has 0 radical (unpaired) electrons. The Bertz CT molecular complexity index is 1120. The van der Waals surface area contributed by atoms with Crippen LogP contribution in [-0.2, 0) is 6.54 Å². The number of benzene rings is 2. The van der Waals surface area contributed by atoms with Crippen molar-refractivity contribution < 1.29 is 0 Å². The molecule has 0 amide bonds. The van der Waals surface area contributed by atoms with Gasteiger partial charge in [-0.15, -0.1) is 10.2 Å². The standard InChI is InChI=1S/C23H23Cl2N7/c24-19-8-4-17(5-9-19)22-23(18-6-10-20(25)11-7-18)31(30-12-2-1-3-13-30)14-21(28-22)15-32-27-16-26-29-32/h4-11,16H,1-3,12-15H2. The monoisotopic (exact) mass is 467 g/mol. The molecule has 5 rings (SSSR count). The highest BCUT2D eigenvalue weighted by Crippen LogP contribution is 2.36. The molecule has 3 heterocycles. The Morgan fingerprint density at radius 1 is 0.812 bits per heavy atom. The van der Waals surface area contributed by atoms with Gasteiger partial charge in [-0.2, -0.15) is 4.80 Å². The van der Waals surface area contributed by atoms with Crippen LogP contribution in [0.4, 0.5) is 0 Å². The summed E-state index contributed by atoms with van der Waals surface area (Å²) < 4.78 is 0. The van der Waals surface area contributed by atoms with Crippen LogP contribution in [0.1, 0.15) is 30.4 Å². The molecule has 2 aliphatic rings. The van der Waals surface area contributed by atoms with Crippen molar-refractivity contribution in [3.63, 3.8) is 0 Å². The summed E-state index contributed by atoms with van der Waals surface area (Å²) in [6.45, 7) is 3.17. The second-order valence-electron chi connectivity index (χ2n) is 7.93. The summed E-state index contributed by atoms with van der Waals surface area (Å²) >= 11 is 12.4. The molecule has 1 fully saturated rings. The van der Waals surface area contributed by atoms with Crippen LogP contribution in [0.15, 0.2) is 59.9 Å². The van der Waals surface area contributed by atoms with Crippen molar-refractivity contribution in [1.82, 2.24) is 30.2 Å². The lowest BCUT2D eigenvalue weighted by Gasteiger charge is -2.43. The Labute approximate surface area is 196 Å². The molecule has 3 aromatic rings. The zero-order chi connectivity index (χ0) is 21.9. The van der Waals surface area contributed by atoms with Gasteiger partial charge in [-0.05, 0) is 42.3 Å². The van der Waals surface area contributed by atoms with Crippen molar-refractivity contribution in [2.45, 2.75) is 25.8 Å². The third kappa shape index (κ3) is 4.55. The molecular formula is C23H23Cl2N7. The lowest BCUT2D eigenvalue weighted by Crippen LogP contribution is -2.48. The number of hydrazine groups is 1. The van der Waals surface area contributed by atoms with E-state index in [1.54, 1.807) is 4.80 Å². The van der Waals surface area contributed by atoms with Gasteiger partial charge >= 0.3 is 0 Å². The number of rotatable bonds is 5. The summed E-state index contributed by atoms with van der Waals surface area (Å²) in [6, 6.07) is 15.8. The predicted octanol–water partition coefficient (Wildman–Crippen LogP) is 4.66. The summed E-state index contributed by atoms with van der Waals surface area (Å²) in [6.07, 6.45) is 5.06. The molecular weight excluding hydrogens is 445 g/mol. The molecule has 32 heavy (non-hydrogen) atoms. The Hall–Kier alpha value is -2.74. The number of aromatic nitrogens is 4. The maximum absolute atomic E-state index is 6.20. The van der Waals surface area contributed by atoms with Crippen molar-refractivity contribution in [2.75, 3.05) is 19.6 Å². The fourth-order valence-corrected chi connectivity index (χ4v) is 4.44. The van der Waals surface area contributed by atoms with E-state index in [0.29, 0.717) is 23.1 Å². The van der Waals surface area contributed by atoms with E-state index >= 15 is 0 Å².